The Bertz CT molecular complexity index is 3570. The minimum atomic E-state index is -0.529. The van der Waals surface area contributed by atoms with E-state index in [9.17, 15) is 0 Å². The van der Waals surface area contributed by atoms with Gasteiger partial charge in [0.2, 0.25) is 0 Å². The average molecular weight is 822 g/mol. The van der Waals surface area contributed by atoms with Gasteiger partial charge in [-0.3, -0.25) is 0 Å². The van der Waals surface area contributed by atoms with Crippen LogP contribution in [-0.4, -0.2) is 15.0 Å². The maximum absolute atomic E-state index is 6.89. The highest BCUT2D eigenvalue weighted by Crippen LogP contribution is 2.62. The van der Waals surface area contributed by atoms with Gasteiger partial charge in [-0.1, -0.05) is 176 Å². The van der Waals surface area contributed by atoms with Gasteiger partial charge >= 0.3 is 0 Å². The zero-order valence-electron chi connectivity index (χ0n) is 34.3. The predicted molar refractivity (Wildman–Crippen MR) is 253 cm³/mol. The molecule has 300 valence electrons. The van der Waals surface area contributed by atoms with Crippen LogP contribution in [0, 0.1) is 0 Å². The van der Waals surface area contributed by atoms with E-state index >= 15 is 0 Å². The fraction of sp³-hybridized carbons (Fsp3) is 0.0172. The molecule has 0 radical (unpaired) electrons. The number of rotatable bonds is 6. The van der Waals surface area contributed by atoms with E-state index in [1.165, 1.54) is 22.3 Å². The Hall–Kier alpha value is -8.61. The van der Waals surface area contributed by atoms with Gasteiger partial charge in [0.15, 0.2) is 40.5 Å². The first-order chi connectivity index (χ1) is 31.7. The van der Waals surface area contributed by atoms with Crippen LogP contribution in [0.25, 0.3) is 78.4 Å². The Labute approximate surface area is 368 Å². The molecule has 0 fully saturated rings. The van der Waals surface area contributed by atoms with E-state index in [0.717, 1.165) is 66.6 Å². The van der Waals surface area contributed by atoms with Crippen molar-refractivity contribution in [1.29, 1.82) is 0 Å². The molecule has 0 unspecified atom stereocenters. The molecule has 1 aliphatic heterocycles. The van der Waals surface area contributed by atoms with E-state index < -0.39 is 5.41 Å². The van der Waals surface area contributed by atoms with Crippen LogP contribution in [0.5, 0.6) is 23.0 Å². The van der Waals surface area contributed by atoms with E-state index in [-0.39, 0.29) is 0 Å². The first kappa shape index (κ1) is 36.1. The van der Waals surface area contributed by atoms with Crippen molar-refractivity contribution in [2.24, 2.45) is 0 Å². The largest absolute Gasteiger partial charge is 0.456 e. The molecule has 3 heterocycles. The molecule has 0 saturated heterocycles. The average Bonchev–Trinajstić information content (AvgIpc) is 3.90. The van der Waals surface area contributed by atoms with E-state index in [0.29, 0.717) is 34.7 Å². The summed E-state index contributed by atoms with van der Waals surface area (Å²) in [7, 11) is 0. The highest BCUT2D eigenvalue weighted by Gasteiger charge is 2.48. The van der Waals surface area contributed by atoms with Crippen molar-refractivity contribution >= 4 is 21.9 Å². The SMILES string of the molecule is c1ccc(-c2nc(-c3ccc(-c4ccc5c(c4)Oc4ccc6c(c4O5)-c4ccccc4C6(c4ccccc4)c4ccccc4)cc3)nc(-c3ccc4c(c3)oc3ccccc34)n2)cc1. The fourth-order valence-electron chi connectivity index (χ4n) is 9.77. The van der Waals surface area contributed by atoms with Crippen LogP contribution in [0.4, 0.5) is 0 Å². The lowest BCUT2D eigenvalue weighted by Gasteiger charge is -2.34. The van der Waals surface area contributed by atoms with Crippen LogP contribution in [-0.2, 0) is 5.41 Å². The van der Waals surface area contributed by atoms with Gasteiger partial charge in [-0.2, -0.15) is 0 Å². The monoisotopic (exact) mass is 821 g/mol. The van der Waals surface area contributed by atoms with Crippen LogP contribution in [0.15, 0.2) is 217 Å². The maximum Gasteiger partial charge on any atom is 0.178 e. The topological polar surface area (TPSA) is 70.3 Å². The van der Waals surface area contributed by atoms with E-state index in [1.54, 1.807) is 0 Å². The van der Waals surface area contributed by atoms with Crippen molar-refractivity contribution in [3.63, 3.8) is 0 Å². The van der Waals surface area contributed by atoms with E-state index in [4.69, 9.17) is 28.8 Å². The zero-order chi connectivity index (χ0) is 42.2. The first-order valence-corrected chi connectivity index (χ1v) is 21.4. The molecule has 6 nitrogen and oxygen atoms in total. The molecule has 0 amide bonds. The molecule has 0 atom stereocenters. The number of nitrogens with zero attached hydrogens (tertiary/aromatic N) is 3. The Morgan fingerprint density at radius 1 is 0.344 bits per heavy atom. The molecule has 9 aromatic carbocycles. The van der Waals surface area contributed by atoms with Crippen molar-refractivity contribution in [2.45, 2.75) is 5.41 Å². The fourth-order valence-corrected chi connectivity index (χ4v) is 9.77. The van der Waals surface area contributed by atoms with Crippen LogP contribution < -0.4 is 9.47 Å². The highest BCUT2D eigenvalue weighted by atomic mass is 16.6. The van der Waals surface area contributed by atoms with Crippen molar-refractivity contribution in [2.75, 3.05) is 0 Å². The molecule has 13 rings (SSSR count). The normalized spacial score (nSPS) is 13.1. The second-order valence-corrected chi connectivity index (χ2v) is 16.3. The second kappa shape index (κ2) is 14.2. The molecule has 0 bridgehead atoms. The van der Waals surface area contributed by atoms with Gasteiger partial charge in [0, 0.05) is 33.0 Å². The third-order valence-corrected chi connectivity index (χ3v) is 12.7. The zero-order valence-corrected chi connectivity index (χ0v) is 34.3. The van der Waals surface area contributed by atoms with Gasteiger partial charge < -0.3 is 13.9 Å². The summed E-state index contributed by atoms with van der Waals surface area (Å²) < 4.78 is 19.9. The molecule has 0 N–H and O–H groups in total. The number of ether oxygens (including phenoxy) is 2. The van der Waals surface area contributed by atoms with Gasteiger partial charge in [0.1, 0.15) is 11.2 Å². The number of furan rings is 1. The summed E-state index contributed by atoms with van der Waals surface area (Å²) in [5, 5.41) is 2.13. The summed E-state index contributed by atoms with van der Waals surface area (Å²) in [4.78, 5) is 15.0. The molecular formula is C58H35N3O3. The summed E-state index contributed by atoms with van der Waals surface area (Å²) in [6, 6.07) is 73.2. The van der Waals surface area contributed by atoms with Gasteiger partial charge in [0.25, 0.3) is 0 Å². The van der Waals surface area contributed by atoms with Gasteiger partial charge in [-0.25, -0.2) is 15.0 Å². The summed E-state index contributed by atoms with van der Waals surface area (Å²) in [5.74, 6) is 4.49. The van der Waals surface area contributed by atoms with Crippen molar-refractivity contribution in [3.8, 4) is 79.4 Å². The Morgan fingerprint density at radius 3 is 1.66 bits per heavy atom. The molecule has 1 aliphatic carbocycles. The summed E-state index contributed by atoms with van der Waals surface area (Å²) in [6.45, 7) is 0. The third-order valence-electron chi connectivity index (χ3n) is 12.7. The van der Waals surface area contributed by atoms with E-state index in [1.807, 2.05) is 60.7 Å². The Balaban J connectivity index is 0.849. The van der Waals surface area contributed by atoms with Crippen LogP contribution in [0.2, 0.25) is 0 Å². The van der Waals surface area contributed by atoms with Gasteiger partial charge in [-0.15, -0.1) is 0 Å². The standard InChI is InChI=1S/C58H35N3O3/c1-4-14-37(15-5-1)55-59-56(61-57(60-55)40-28-30-44-43-20-11-13-23-48(43)62-51(44)35-40)38-26-24-36(25-27-38)39-29-32-49-52(34-39)63-50-33-31-47-53(54(50)64-49)45-21-10-12-22-46(45)58(47,41-16-6-2-7-17-41)42-18-8-3-9-19-42/h1-35H. The number of hydrogen-bond acceptors (Lipinski definition) is 6. The second-order valence-electron chi connectivity index (χ2n) is 16.3. The third kappa shape index (κ3) is 5.56. The van der Waals surface area contributed by atoms with Crippen LogP contribution in [0.3, 0.4) is 0 Å². The Morgan fingerprint density at radius 2 is 0.906 bits per heavy atom. The van der Waals surface area contributed by atoms with Crippen molar-refractivity contribution in [3.05, 3.63) is 235 Å². The maximum atomic E-state index is 6.89. The number of hydrogen-bond donors (Lipinski definition) is 0. The lowest BCUT2D eigenvalue weighted by atomic mass is 9.68. The van der Waals surface area contributed by atoms with Crippen LogP contribution >= 0.6 is 0 Å². The number of benzene rings is 9. The minimum absolute atomic E-state index is 0.529. The summed E-state index contributed by atoms with van der Waals surface area (Å²) in [5.41, 5.74) is 12.7. The quantitative estimate of drug-likeness (QED) is 0.166. The number of para-hydroxylation sites is 1. The Kier molecular flexibility index (Phi) is 8.02. The van der Waals surface area contributed by atoms with E-state index in [2.05, 4.69) is 152 Å². The van der Waals surface area contributed by atoms with Crippen LogP contribution in [0.1, 0.15) is 22.3 Å². The lowest BCUT2D eigenvalue weighted by molar-refractivity contribution is 0.360. The molecule has 0 spiro atoms. The first-order valence-electron chi connectivity index (χ1n) is 21.4. The molecule has 64 heavy (non-hydrogen) atoms. The number of aromatic nitrogens is 3. The highest BCUT2D eigenvalue weighted by molar-refractivity contribution is 6.05. The van der Waals surface area contributed by atoms with Crippen molar-refractivity contribution in [1.82, 2.24) is 15.0 Å². The summed E-state index contributed by atoms with van der Waals surface area (Å²) >= 11 is 0. The molecule has 6 heteroatoms. The van der Waals surface area contributed by atoms with Gasteiger partial charge in [-0.05, 0) is 75.3 Å². The molecule has 2 aliphatic rings. The molecule has 2 aromatic heterocycles. The molecular weight excluding hydrogens is 787 g/mol. The number of fused-ring (bicyclic) bond motifs is 9. The minimum Gasteiger partial charge on any atom is -0.456 e. The molecule has 11 aromatic rings. The van der Waals surface area contributed by atoms with Crippen molar-refractivity contribution < 1.29 is 13.9 Å². The van der Waals surface area contributed by atoms with Gasteiger partial charge in [0.05, 0.1) is 5.41 Å². The smallest absolute Gasteiger partial charge is 0.178 e. The molecule has 0 saturated carbocycles. The summed E-state index contributed by atoms with van der Waals surface area (Å²) in [6.07, 6.45) is 0. The lowest BCUT2D eigenvalue weighted by Crippen LogP contribution is -2.28. The predicted octanol–water partition coefficient (Wildman–Crippen LogP) is 14.7.